The second-order valence-electron chi connectivity index (χ2n) is 9.31. The van der Waals surface area contributed by atoms with Gasteiger partial charge in [-0.25, -0.2) is 9.18 Å². The fraction of sp³-hybridized carbons (Fsp3) is 0.172. The Bertz CT molecular complexity index is 1500. The van der Waals surface area contributed by atoms with Crippen molar-refractivity contribution in [2.75, 3.05) is 16.8 Å². The van der Waals surface area contributed by atoms with E-state index in [0.717, 1.165) is 35.5 Å². The zero-order valence-corrected chi connectivity index (χ0v) is 20.6. The minimum atomic E-state index is -0.441. The number of benzene rings is 3. The van der Waals surface area contributed by atoms with Gasteiger partial charge in [-0.2, -0.15) is 0 Å². The molecule has 1 N–H and O–H groups in total. The van der Waals surface area contributed by atoms with E-state index in [1.165, 1.54) is 18.2 Å². The number of hydrogen-bond acceptors (Lipinski definition) is 2. The van der Waals surface area contributed by atoms with Crippen LogP contribution < -0.4 is 10.2 Å². The number of carbonyl (C=O) groups is 2. The summed E-state index contributed by atoms with van der Waals surface area (Å²) >= 11 is 6.36. The quantitative estimate of drug-likeness (QED) is 0.335. The highest BCUT2D eigenvalue weighted by Gasteiger charge is 2.40. The molecule has 6 nitrogen and oxygen atoms in total. The van der Waals surface area contributed by atoms with Crippen molar-refractivity contribution in [1.29, 1.82) is 0 Å². The van der Waals surface area contributed by atoms with E-state index in [9.17, 15) is 14.0 Å². The number of carbonyl (C=O) groups excluding carboxylic acids is 2. The fourth-order valence-corrected chi connectivity index (χ4v) is 5.19. The van der Waals surface area contributed by atoms with E-state index in [0.29, 0.717) is 10.7 Å². The molecule has 3 aromatic carbocycles. The molecule has 0 radical (unpaired) electrons. The van der Waals surface area contributed by atoms with Crippen molar-refractivity contribution in [3.05, 3.63) is 113 Å². The Kier molecular flexibility index (Phi) is 5.93. The Morgan fingerprint density at radius 3 is 2.49 bits per heavy atom. The molecule has 0 spiro atoms. The Morgan fingerprint density at radius 2 is 1.73 bits per heavy atom. The van der Waals surface area contributed by atoms with Gasteiger partial charge in [0.1, 0.15) is 18.4 Å². The number of nitrogens with zero attached hydrogens (tertiary/aromatic N) is 3. The van der Waals surface area contributed by atoms with Crippen LogP contribution in [0.3, 0.4) is 0 Å². The molecule has 2 aliphatic rings. The first kappa shape index (κ1) is 23.3. The monoisotopic (exact) mass is 514 g/mol. The van der Waals surface area contributed by atoms with Gasteiger partial charge in [-0.1, -0.05) is 41.9 Å². The van der Waals surface area contributed by atoms with Gasteiger partial charge >= 0.3 is 6.03 Å². The molecule has 6 rings (SSSR count). The van der Waals surface area contributed by atoms with Crippen LogP contribution in [-0.4, -0.2) is 34.0 Å². The highest BCUT2D eigenvalue weighted by atomic mass is 35.5. The molecular weight excluding hydrogens is 491 g/mol. The van der Waals surface area contributed by atoms with Crippen LogP contribution in [0.1, 0.15) is 30.1 Å². The highest BCUT2D eigenvalue weighted by molar-refractivity contribution is 6.30. The molecule has 4 aromatic rings. The van der Waals surface area contributed by atoms with E-state index in [1.54, 1.807) is 21.9 Å². The summed E-state index contributed by atoms with van der Waals surface area (Å²) < 4.78 is 15.8. The predicted molar refractivity (Wildman–Crippen MR) is 142 cm³/mol. The van der Waals surface area contributed by atoms with Crippen LogP contribution in [0, 0.1) is 5.82 Å². The summed E-state index contributed by atoms with van der Waals surface area (Å²) in [5, 5.41) is 3.33. The average Bonchev–Trinajstić information content (AvgIpc) is 3.61. The van der Waals surface area contributed by atoms with E-state index in [1.807, 2.05) is 60.8 Å². The molecule has 186 valence electrons. The largest absolute Gasteiger partial charge is 0.322 e. The molecule has 1 saturated carbocycles. The summed E-state index contributed by atoms with van der Waals surface area (Å²) in [6.07, 6.45) is 3.62. The summed E-state index contributed by atoms with van der Waals surface area (Å²) in [5.74, 6) is -0.657. The number of nitrogens with one attached hydrogen (secondary N) is 1. The molecule has 8 heteroatoms. The van der Waals surface area contributed by atoms with Crippen LogP contribution >= 0.6 is 11.6 Å². The number of amides is 3. The third-order valence-corrected chi connectivity index (χ3v) is 7.02. The summed E-state index contributed by atoms with van der Waals surface area (Å²) in [5.41, 5.74) is 3.79. The van der Waals surface area contributed by atoms with E-state index in [2.05, 4.69) is 9.88 Å². The zero-order chi connectivity index (χ0) is 25.5. The molecule has 3 amide bonds. The molecule has 1 unspecified atom stereocenters. The lowest BCUT2D eigenvalue weighted by Crippen LogP contribution is -2.48. The minimum Gasteiger partial charge on any atom is -0.316 e. The van der Waals surface area contributed by atoms with Crippen molar-refractivity contribution in [2.24, 2.45) is 0 Å². The van der Waals surface area contributed by atoms with Gasteiger partial charge in [0.25, 0.3) is 0 Å². The summed E-state index contributed by atoms with van der Waals surface area (Å²) in [7, 11) is 0. The van der Waals surface area contributed by atoms with Gasteiger partial charge in [-0.3, -0.25) is 9.69 Å². The molecule has 0 saturated heterocycles. The summed E-state index contributed by atoms with van der Waals surface area (Å²) in [4.78, 5) is 30.7. The number of fused-ring (bicyclic) bond motifs is 3. The third-order valence-electron chi connectivity index (χ3n) is 6.78. The molecule has 1 aromatic heterocycles. The molecule has 1 atom stereocenters. The smallest absolute Gasteiger partial charge is 0.316 e. The Hall–Kier alpha value is -4.10. The topological polar surface area (TPSA) is 57.6 Å². The first-order valence-electron chi connectivity index (χ1n) is 12.2. The lowest BCUT2D eigenvalue weighted by molar-refractivity contribution is -0.119. The van der Waals surface area contributed by atoms with Crippen molar-refractivity contribution in [3.63, 3.8) is 0 Å². The summed E-state index contributed by atoms with van der Waals surface area (Å²) in [6, 6.07) is 24.0. The second-order valence-corrected chi connectivity index (χ2v) is 9.75. The maximum absolute atomic E-state index is 14.1. The van der Waals surface area contributed by atoms with Crippen molar-refractivity contribution in [1.82, 2.24) is 9.47 Å². The fourth-order valence-electron chi connectivity index (χ4n) is 4.99. The van der Waals surface area contributed by atoms with Gasteiger partial charge in [0.2, 0.25) is 5.91 Å². The van der Waals surface area contributed by atoms with Gasteiger partial charge in [0.15, 0.2) is 0 Å². The molecule has 0 bridgehead atoms. The Morgan fingerprint density at radius 1 is 0.946 bits per heavy atom. The molecule has 1 fully saturated rings. The lowest BCUT2D eigenvalue weighted by atomic mass is 9.97. The van der Waals surface area contributed by atoms with Crippen molar-refractivity contribution >= 4 is 34.9 Å². The standard InChI is InChI=1S/C29H24ClFN4O2/c30-20-7-3-6-19(16-20)28-26-12-5-15-33(26)24-10-1-2-11-25(24)35(28)27(36)18-34(23-13-14-23)29(37)32-22-9-4-8-21(31)17-22/h1-12,15-17,23,28H,13-14,18H2,(H,32,37). The van der Waals surface area contributed by atoms with Crippen molar-refractivity contribution in [3.8, 4) is 5.69 Å². The number of hydrogen-bond donors (Lipinski definition) is 1. The van der Waals surface area contributed by atoms with Gasteiger partial charge in [0, 0.05) is 22.9 Å². The van der Waals surface area contributed by atoms with Crippen LogP contribution in [0.4, 0.5) is 20.6 Å². The van der Waals surface area contributed by atoms with E-state index >= 15 is 0 Å². The molecule has 1 aliphatic heterocycles. The number of aromatic nitrogens is 1. The zero-order valence-electron chi connectivity index (χ0n) is 19.9. The number of urea groups is 1. The predicted octanol–water partition coefficient (Wildman–Crippen LogP) is 6.40. The normalized spacial score (nSPS) is 16.1. The van der Waals surface area contributed by atoms with Gasteiger partial charge in [-0.15, -0.1) is 0 Å². The van der Waals surface area contributed by atoms with Gasteiger partial charge in [-0.05, 0) is 73.0 Å². The first-order valence-corrected chi connectivity index (χ1v) is 12.5. The SMILES string of the molecule is O=C(Nc1cccc(F)c1)N(CC(=O)N1c2ccccc2-n2cccc2C1c1cccc(Cl)c1)C1CC1. The maximum atomic E-state index is 14.1. The van der Waals surface area contributed by atoms with Gasteiger partial charge < -0.3 is 14.8 Å². The lowest BCUT2D eigenvalue weighted by Gasteiger charge is -2.39. The molecule has 37 heavy (non-hydrogen) atoms. The number of para-hydroxylation sites is 2. The van der Waals surface area contributed by atoms with Crippen LogP contribution in [0.15, 0.2) is 91.1 Å². The molecule has 2 heterocycles. The summed E-state index contributed by atoms with van der Waals surface area (Å²) in [6.45, 7) is -0.113. The van der Waals surface area contributed by atoms with Gasteiger partial charge in [0.05, 0.1) is 17.1 Å². The van der Waals surface area contributed by atoms with E-state index < -0.39 is 17.9 Å². The third kappa shape index (κ3) is 4.47. The Labute approximate surface area is 218 Å². The van der Waals surface area contributed by atoms with E-state index in [-0.39, 0.29) is 18.5 Å². The number of halogens is 2. The highest BCUT2D eigenvalue weighted by Crippen LogP contribution is 2.43. The Balaban J connectivity index is 1.36. The first-order chi connectivity index (χ1) is 18.0. The molecule has 1 aliphatic carbocycles. The van der Waals surface area contributed by atoms with Crippen LogP contribution in [0.5, 0.6) is 0 Å². The van der Waals surface area contributed by atoms with Crippen LogP contribution in [0.2, 0.25) is 5.02 Å². The van der Waals surface area contributed by atoms with Crippen LogP contribution in [-0.2, 0) is 4.79 Å². The van der Waals surface area contributed by atoms with Crippen molar-refractivity contribution < 1.29 is 14.0 Å². The second kappa shape index (κ2) is 9.41. The minimum absolute atomic E-state index is 0.0361. The molecular formula is C29H24ClFN4O2. The number of rotatable bonds is 5. The van der Waals surface area contributed by atoms with E-state index in [4.69, 9.17) is 11.6 Å². The maximum Gasteiger partial charge on any atom is 0.322 e. The average molecular weight is 515 g/mol. The van der Waals surface area contributed by atoms with Crippen molar-refractivity contribution in [2.45, 2.75) is 24.9 Å². The number of anilines is 2. The van der Waals surface area contributed by atoms with Crippen LogP contribution in [0.25, 0.3) is 5.69 Å².